The highest BCUT2D eigenvalue weighted by Gasteiger charge is 2.36. The van der Waals surface area contributed by atoms with E-state index in [1.165, 1.54) is 0 Å². The number of anilines is 1. The summed E-state index contributed by atoms with van der Waals surface area (Å²) in [4.78, 5) is 12.5. The van der Waals surface area contributed by atoms with Crippen LogP contribution in [0.4, 0.5) is 5.82 Å². The highest BCUT2D eigenvalue weighted by Crippen LogP contribution is 2.45. The molecular weight excluding hydrogens is 374 g/mol. The number of aryl methyl sites for hydroxylation is 1. The van der Waals surface area contributed by atoms with Gasteiger partial charge >= 0.3 is 0 Å². The van der Waals surface area contributed by atoms with Crippen LogP contribution in [0.1, 0.15) is 54.8 Å². The molecule has 150 valence electrons. The smallest absolute Gasteiger partial charge is 0.235 e. The maximum absolute atomic E-state index is 12.5. The van der Waals surface area contributed by atoms with Gasteiger partial charge in [0.1, 0.15) is 11.6 Å². The standard InChI is InChI=1S/C21H27N3O3S/c1-13-18-19(14-5-7-16(26-4)8-6-14)28-12-17(25)22-20(18)24(23-13)15-9-10-27-21(2,3)11-15/h5-8,15,19H,9-12H2,1-4H3,(H,22,25)/t15-,19-/m1/s1. The minimum absolute atomic E-state index is 0.0229. The fraction of sp³-hybridized carbons (Fsp3) is 0.524. The van der Waals surface area contributed by atoms with Crippen molar-refractivity contribution < 1.29 is 14.3 Å². The van der Waals surface area contributed by atoms with Gasteiger partial charge in [-0.2, -0.15) is 5.10 Å². The molecule has 0 radical (unpaired) electrons. The second-order valence-corrected chi connectivity index (χ2v) is 9.15. The normalized spacial score (nSPS) is 24.2. The Morgan fingerprint density at radius 2 is 2.07 bits per heavy atom. The number of aromatic nitrogens is 2. The average Bonchev–Trinajstić information content (AvgIpc) is 2.87. The third kappa shape index (κ3) is 3.65. The predicted octanol–water partition coefficient (Wildman–Crippen LogP) is 4.10. The largest absolute Gasteiger partial charge is 0.497 e. The lowest BCUT2D eigenvalue weighted by atomic mass is 9.94. The molecule has 0 aliphatic carbocycles. The molecule has 6 nitrogen and oxygen atoms in total. The molecule has 2 aliphatic heterocycles. The Morgan fingerprint density at radius 1 is 1.32 bits per heavy atom. The zero-order valence-corrected chi connectivity index (χ0v) is 17.6. The van der Waals surface area contributed by atoms with Gasteiger partial charge in [0, 0.05) is 12.2 Å². The summed E-state index contributed by atoms with van der Waals surface area (Å²) in [6.07, 6.45) is 1.77. The number of thioether (sulfide) groups is 1. The molecule has 3 heterocycles. The molecule has 1 N–H and O–H groups in total. The molecule has 1 aromatic heterocycles. The molecule has 0 unspecified atom stereocenters. The van der Waals surface area contributed by atoms with Crippen LogP contribution in [0.5, 0.6) is 5.75 Å². The van der Waals surface area contributed by atoms with E-state index in [0.717, 1.165) is 41.2 Å². The van der Waals surface area contributed by atoms with Gasteiger partial charge in [0.25, 0.3) is 0 Å². The number of nitrogens with zero attached hydrogens (tertiary/aromatic N) is 2. The van der Waals surface area contributed by atoms with E-state index in [-0.39, 0.29) is 22.8 Å². The summed E-state index contributed by atoms with van der Waals surface area (Å²) in [5.74, 6) is 2.11. The first-order valence-corrected chi connectivity index (χ1v) is 10.7. The summed E-state index contributed by atoms with van der Waals surface area (Å²) >= 11 is 1.64. The summed E-state index contributed by atoms with van der Waals surface area (Å²) in [6, 6.07) is 8.30. The van der Waals surface area contributed by atoms with Gasteiger partial charge < -0.3 is 14.8 Å². The number of rotatable bonds is 3. The minimum atomic E-state index is -0.186. The van der Waals surface area contributed by atoms with Gasteiger partial charge in [-0.15, -0.1) is 11.8 Å². The molecule has 1 fully saturated rings. The molecule has 0 bridgehead atoms. The SMILES string of the molecule is COc1ccc([C@H]2SCC(=O)Nc3c2c(C)nn3[C@@H]2CCOC(C)(C)C2)cc1. The Labute approximate surface area is 170 Å². The van der Waals surface area contributed by atoms with Gasteiger partial charge in [0.2, 0.25) is 5.91 Å². The van der Waals surface area contributed by atoms with Gasteiger partial charge in [-0.25, -0.2) is 4.68 Å². The van der Waals surface area contributed by atoms with Gasteiger partial charge in [-0.05, 0) is 51.3 Å². The molecule has 2 aliphatic rings. The topological polar surface area (TPSA) is 65.4 Å². The lowest BCUT2D eigenvalue weighted by Crippen LogP contribution is -2.36. The number of methoxy groups -OCH3 is 1. The molecule has 1 saturated heterocycles. The van der Waals surface area contributed by atoms with Crippen LogP contribution in [0.25, 0.3) is 0 Å². The van der Waals surface area contributed by atoms with Crippen molar-refractivity contribution in [3.63, 3.8) is 0 Å². The van der Waals surface area contributed by atoms with Crippen molar-refractivity contribution in [3.05, 3.63) is 41.1 Å². The quantitative estimate of drug-likeness (QED) is 0.839. The van der Waals surface area contributed by atoms with Crippen molar-refractivity contribution in [2.75, 3.05) is 24.8 Å². The van der Waals surface area contributed by atoms with E-state index in [4.69, 9.17) is 14.6 Å². The molecular formula is C21H27N3O3S. The Balaban J connectivity index is 1.76. The molecule has 28 heavy (non-hydrogen) atoms. The second kappa shape index (κ2) is 7.44. The van der Waals surface area contributed by atoms with Crippen LogP contribution in [0, 0.1) is 6.92 Å². The van der Waals surface area contributed by atoms with E-state index < -0.39 is 0 Å². The maximum atomic E-state index is 12.5. The van der Waals surface area contributed by atoms with Crippen LogP contribution in [0.2, 0.25) is 0 Å². The van der Waals surface area contributed by atoms with Gasteiger partial charge in [0.15, 0.2) is 0 Å². The van der Waals surface area contributed by atoms with Gasteiger partial charge in [-0.3, -0.25) is 4.79 Å². The molecule has 2 aromatic rings. The average molecular weight is 402 g/mol. The Morgan fingerprint density at radius 3 is 2.75 bits per heavy atom. The summed E-state index contributed by atoms with van der Waals surface area (Å²) in [5, 5.41) is 8.07. The fourth-order valence-corrected chi connectivity index (χ4v) is 5.31. The zero-order chi connectivity index (χ0) is 19.9. The van der Waals surface area contributed by atoms with E-state index in [1.807, 2.05) is 23.7 Å². The van der Waals surface area contributed by atoms with E-state index >= 15 is 0 Å². The lowest BCUT2D eigenvalue weighted by molar-refractivity contribution is -0.113. The first-order chi connectivity index (χ1) is 13.4. The van der Waals surface area contributed by atoms with E-state index in [0.29, 0.717) is 12.4 Å². The minimum Gasteiger partial charge on any atom is -0.497 e. The van der Waals surface area contributed by atoms with E-state index in [9.17, 15) is 4.79 Å². The van der Waals surface area contributed by atoms with Gasteiger partial charge in [0.05, 0.1) is 35.4 Å². The molecule has 0 spiro atoms. The molecule has 1 aromatic carbocycles. The maximum Gasteiger partial charge on any atom is 0.235 e. The molecule has 2 atom stereocenters. The van der Waals surface area contributed by atoms with Crippen molar-refractivity contribution in [1.82, 2.24) is 9.78 Å². The molecule has 1 amide bonds. The van der Waals surface area contributed by atoms with E-state index in [1.54, 1.807) is 18.9 Å². The van der Waals surface area contributed by atoms with Crippen molar-refractivity contribution in [2.24, 2.45) is 0 Å². The number of amides is 1. The number of nitrogens with one attached hydrogen (secondary N) is 1. The number of hydrogen-bond acceptors (Lipinski definition) is 5. The van der Waals surface area contributed by atoms with Crippen molar-refractivity contribution in [3.8, 4) is 5.75 Å². The molecule has 0 saturated carbocycles. The first-order valence-electron chi connectivity index (χ1n) is 9.66. The zero-order valence-electron chi connectivity index (χ0n) is 16.8. The molecule has 4 rings (SSSR count). The highest BCUT2D eigenvalue weighted by molar-refractivity contribution is 8.00. The summed E-state index contributed by atoms with van der Waals surface area (Å²) < 4.78 is 13.2. The van der Waals surface area contributed by atoms with Crippen molar-refractivity contribution >= 4 is 23.5 Å². The Kier molecular flexibility index (Phi) is 5.14. The number of benzene rings is 1. The van der Waals surface area contributed by atoms with E-state index in [2.05, 4.69) is 31.3 Å². The van der Waals surface area contributed by atoms with Crippen molar-refractivity contribution in [2.45, 2.75) is 50.5 Å². The van der Waals surface area contributed by atoms with Crippen LogP contribution in [-0.4, -0.2) is 40.8 Å². The van der Waals surface area contributed by atoms with Crippen molar-refractivity contribution in [1.29, 1.82) is 0 Å². The highest BCUT2D eigenvalue weighted by atomic mass is 32.2. The number of carbonyl (C=O) groups is 1. The number of ether oxygens (including phenoxy) is 2. The monoisotopic (exact) mass is 401 g/mol. The number of hydrogen-bond donors (Lipinski definition) is 1. The Hall–Kier alpha value is -1.99. The second-order valence-electron chi connectivity index (χ2n) is 8.06. The third-order valence-corrected chi connectivity index (χ3v) is 6.74. The number of fused-ring (bicyclic) bond motifs is 1. The first kappa shape index (κ1) is 19.3. The van der Waals surface area contributed by atoms with Crippen LogP contribution >= 0.6 is 11.8 Å². The summed E-state index contributed by atoms with van der Waals surface area (Å²) in [7, 11) is 1.67. The van der Waals surface area contributed by atoms with Crippen LogP contribution in [0.3, 0.4) is 0 Å². The molecule has 7 heteroatoms. The van der Waals surface area contributed by atoms with Crippen LogP contribution in [-0.2, 0) is 9.53 Å². The van der Waals surface area contributed by atoms with Crippen LogP contribution < -0.4 is 10.1 Å². The third-order valence-electron chi connectivity index (χ3n) is 5.47. The van der Waals surface area contributed by atoms with Gasteiger partial charge in [-0.1, -0.05) is 12.1 Å². The number of carbonyl (C=O) groups excluding carboxylic acids is 1. The lowest BCUT2D eigenvalue weighted by Gasteiger charge is -2.36. The summed E-state index contributed by atoms with van der Waals surface area (Å²) in [5.41, 5.74) is 3.03. The predicted molar refractivity (Wildman–Crippen MR) is 111 cm³/mol. The summed E-state index contributed by atoms with van der Waals surface area (Å²) in [6.45, 7) is 6.97. The fourth-order valence-electron chi connectivity index (χ4n) is 4.12. The van der Waals surface area contributed by atoms with Crippen LogP contribution in [0.15, 0.2) is 24.3 Å². The Bertz CT molecular complexity index is 876.